The Balaban J connectivity index is 2.25. The minimum atomic E-state index is -1.48. The Kier molecular flexibility index (Phi) is 3.90. The van der Waals surface area contributed by atoms with E-state index in [0.717, 1.165) is 0 Å². The maximum Gasteiger partial charge on any atom is 0.147 e. The molecule has 1 aliphatic carbocycles. The van der Waals surface area contributed by atoms with E-state index in [9.17, 15) is 19.0 Å². The molecule has 0 heterocycles. The second-order valence-electron chi connectivity index (χ2n) is 4.82. The van der Waals surface area contributed by atoms with Crippen molar-refractivity contribution in [1.29, 1.82) is 0 Å². The van der Waals surface area contributed by atoms with Crippen LogP contribution in [0.3, 0.4) is 0 Å². The third kappa shape index (κ3) is 2.51. The van der Waals surface area contributed by atoms with Crippen LogP contribution in [0.4, 0.5) is 8.78 Å². The lowest BCUT2D eigenvalue weighted by Crippen LogP contribution is -2.41. The number of hydrogen-bond donors (Lipinski definition) is 2. The maximum absolute atomic E-state index is 13.8. The highest BCUT2D eigenvalue weighted by Crippen LogP contribution is 2.40. The second-order valence-corrected chi connectivity index (χ2v) is 5.23. The number of aliphatic hydroxyl groups excluding tert-OH is 1. The van der Waals surface area contributed by atoms with Gasteiger partial charge < -0.3 is 10.2 Å². The van der Waals surface area contributed by atoms with Crippen molar-refractivity contribution in [1.82, 2.24) is 0 Å². The van der Waals surface area contributed by atoms with Gasteiger partial charge in [-0.25, -0.2) is 8.78 Å². The van der Waals surface area contributed by atoms with E-state index < -0.39 is 23.7 Å². The molecule has 1 atom stereocenters. The summed E-state index contributed by atoms with van der Waals surface area (Å²) in [6, 6.07) is 4.26. The summed E-state index contributed by atoms with van der Waals surface area (Å²) < 4.78 is 26.8. The van der Waals surface area contributed by atoms with E-state index in [1.54, 1.807) is 0 Å². The van der Waals surface area contributed by atoms with Gasteiger partial charge in [-0.3, -0.25) is 0 Å². The first-order valence-electron chi connectivity index (χ1n) is 5.92. The van der Waals surface area contributed by atoms with Crippen LogP contribution in [0.25, 0.3) is 0 Å². The predicted molar refractivity (Wildman–Crippen MR) is 64.7 cm³/mol. The minimum absolute atomic E-state index is 0.0395. The quantitative estimate of drug-likeness (QED) is 0.871. The molecule has 1 fully saturated rings. The molecule has 0 bridgehead atoms. The standard InChI is InChI=1S/C13H15ClF2O2/c14-10-3-1-2-9(11(10)16)12(17)13(18)6-4-8(15)5-7-13/h1-3,8,12,17-18H,4-7H2. The van der Waals surface area contributed by atoms with Gasteiger partial charge in [0.25, 0.3) is 0 Å². The van der Waals surface area contributed by atoms with Crippen molar-refractivity contribution < 1.29 is 19.0 Å². The summed E-state index contributed by atoms with van der Waals surface area (Å²) in [5, 5.41) is 20.3. The fraction of sp³-hybridized carbons (Fsp3) is 0.538. The number of aliphatic hydroxyl groups is 2. The zero-order valence-electron chi connectivity index (χ0n) is 9.74. The monoisotopic (exact) mass is 276 g/mol. The summed E-state index contributed by atoms with van der Waals surface area (Å²) in [7, 11) is 0. The topological polar surface area (TPSA) is 40.5 Å². The smallest absolute Gasteiger partial charge is 0.147 e. The molecule has 100 valence electrons. The average molecular weight is 277 g/mol. The van der Waals surface area contributed by atoms with Crippen molar-refractivity contribution in [2.24, 2.45) is 0 Å². The van der Waals surface area contributed by atoms with Crippen LogP contribution < -0.4 is 0 Å². The van der Waals surface area contributed by atoms with E-state index in [1.165, 1.54) is 18.2 Å². The molecule has 0 aromatic heterocycles. The predicted octanol–water partition coefficient (Wildman–Crippen LogP) is 3.16. The molecule has 2 N–H and O–H groups in total. The van der Waals surface area contributed by atoms with Gasteiger partial charge in [-0.15, -0.1) is 0 Å². The third-order valence-corrected chi connectivity index (χ3v) is 3.86. The summed E-state index contributed by atoms with van der Waals surface area (Å²) in [5.74, 6) is -0.734. The third-order valence-electron chi connectivity index (χ3n) is 3.57. The summed E-state index contributed by atoms with van der Waals surface area (Å²) in [6.07, 6.45) is -1.76. The molecule has 0 amide bonds. The SMILES string of the molecule is OC(c1cccc(Cl)c1F)C1(O)CCC(F)CC1. The Labute approximate surface area is 109 Å². The minimum Gasteiger partial charge on any atom is -0.387 e. The number of hydrogen-bond acceptors (Lipinski definition) is 2. The van der Waals surface area contributed by atoms with Crippen LogP contribution in [0.15, 0.2) is 18.2 Å². The summed E-state index contributed by atoms with van der Waals surface area (Å²) in [6.45, 7) is 0. The first-order chi connectivity index (χ1) is 8.44. The van der Waals surface area contributed by atoms with Gasteiger partial charge in [0, 0.05) is 5.56 Å². The molecule has 18 heavy (non-hydrogen) atoms. The number of rotatable bonds is 2. The molecule has 2 rings (SSSR count). The van der Waals surface area contributed by atoms with Crippen LogP contribution in [-0.2, 0) is 0 Å². The van der Waals surface area contributed by atoms with Crippen LogP contribution in [0, 0.1) is 5.82 Å². The van der Waals surface area contributed by atoms with Gasteiger partial charge in [0.2, 0.25) is 0 Å². The van der Waals surface area contributed by atoms with Crippen molar-refractivity contribution in [3.05, 3.63) is 34.6 Å². The maximum atomic E-state index is 13.8. The molecule has 5 heteroatoms. The van der Waals surface area contributed by atoms with Gasteiger partial charge in [0.15, 0.2) is 0 Å². The van der Waals surface area contributed by atoms with Crippen LogP contribution in [-0.4, -0.2) is 22.0 Å². The average Bonchev–Trinajstić information content (AvgIpc) is 2.36. The zero-order valence-corrected chi connectivity index (χ0v) is 10.5. The van der Waals surface area contributed by atoms with E-state index in [0.29, 0.717) is 0 Å². The molecule has 1 aliphatic rings. The number of alkyl halides is 1. The normalized spacial score (nSPS) is 30.2. The molecule has 1 unspecified atom stereocenters. The molecule has 1 aromatic rings. The van der Waals surface area contributed by atoms with Gasteiger partial charge in [0.1, 0.15) is 18.1 Å². The zero-order chi connectivity index (χ0) is 13.3. The summed E-state index contributed by atoms with van der Waals surface area (Å²) in [4.78, 5) is 0. The van der Waals surface area contributed by atoms with E-state index in [4.69, 9.17) is 11.6 Å². The highest BCUT2D eigenvalue weighted by molar-refractivity contribution is 6.30. The Morgan fingerprint density at radius 3 is 2.56 bits per heavy atom. The van der Waals surface area contributed by atoms with E-state index in [-0.39, 0.29) is 36.3 Å². The second kappa shape index (κ2) is 5.11. The Bertz CT molecular complexity index is 431. The molecule has 1 saturated carbocycles. The van der Waals surface area contributed by atoms with Crippen molar-refractivity contribution in [2.75, 3.05) is 0 Å². The Hall–Kier alpha value is -0.710. The lowest BCUT2D eigenvalue weighted by atomic mass is 9.78. The molecular weight excluding hydrogens is 262 g/mol. The van der Waals surface area contributed by atoms with Crippen molar-refractivity contribution in [3.8, 4) is 0 Å². The van der Waals surface area contributed by atoms with Crippen molar-refractivity contribution in [3.63, 3.8) is 0 Å². The molecule has 2 nitrogen and oxygen atoms in total. The van der Waals surface area contributed by atoms with Gasteiger partial charge in [-0.2, -0.15) is 0 Å². The highest BCUT2D eigenvalue weighted by atomic mass is 35.5. The van der Waals surface area contributed by atoms with Crippen LogP contribution in [0.1, 0.15) is 37.4 Å². The van der Waals surface area contributed by atoms with E-state index in [1.807, 2.05) is 0 Å². The summed E-state index contributed by atoms with van der Waals surface area (Å²) >= 11 is 5.64. The van der Waals surface area contributed by atoms with Gasteiger partial charge in [-0.05, 0) is 31.7 Å². The highest BCUT2D eigenvalue weighted by Gasteiger charge is 2.41. The lowest BCUT2D eigenvalue weighted by Gasteiger charge is -2.37. The van der Waals surface area contributed by atoms with Crippen LogP contribution in [0.2, 0.25) is 5.02 Å². The molecule has 0 aliphatic heterocycles. The van der Waals surface area contributed by atoms with E-state index >= 15 is 0 Å². The van der Waals surface area contributed by atoms with Gasteiger partial charge >= 0.3 is 0 Å². The lowest BCUT2D eigenvalue weighted by molar-refractivity contribution is -0.109. The summed E-state index contributed by atoms with van der Waals surface area (Å²) in [5.41, 5.74) is -1.52. The number of benzene rings is 1. The van der Waals surface area contributed by atoms with Gasteiger partial charge in [-0.1, -0.05) is 23.7 Å². The fourth-order valence-electron chi connectivity index (χ4n) is 2.38. The molecule has 0 spiro atoms. The van der Waals surface area contributed by atoms with Crippen LogP contribution >= 0.6 is 11.6 Å². The first-order valence-corrected chi connectivity index (χ1v) is 6.30. The Morgan fingerprint density at radius 2 is 1.94 bits per heavy atom. The molecule has 0 saturated heterocycles. The molecular formula is C13H15ClF2O2. The van der Waals surface area contributed by atoms with Crippen molar-refractivity contribution in [2.45, 2.75) is 43.6 Å². The first kappa shape index (κ1) is 13.7. The fourth-order valence-corrected chi connectivity index (χ4v) is 2.56. The largest absolute Gasteiger partial charge is 0.387 e. The van der Waals surface area contributed by atoms with Crippen molar-refractivity contribution >= 4 is 11.6 Å². The molecule has 1 aromatic carbocycles. The van der Waals surface area contributed by atoms with E-state index in [2.05, 4.69) is 0 Å². The Morgan fingerprint density at radius 1 is 1.33 bits per heavy atom. The number of halogens is 3. The van der Waals surface area contributed by atoms with Gasteiger partial charge in [0.05, 0.1) is 10.6 Å². The molecule has 0 radical (unpaired) electrons. The van der Waals surface area contributed by atoms with Crippen LogP contribution in [0.5, 0.6) is 0 Å².